The Hall–Kier alpha value is -1.10. The molecule has 1 aliphatic rings. The predicted molar refractivity (Wildman–Crippen MR) is 77.2 cm³/mol. The summed E-state index contributed by atoms with van der Waals surface area (Å²) in [6.45, 7) is 5.21. The molecule has 0 saturated carbocycles. The van der Waals surface area contributed by atoms with Gasteiger partial charge in [-0.15, -0.1) is 0 Å². The van der Waals surface area contributed by atoms with Crippen LogP contribution in [0.4, 0.5) is 0 Å². The second-order valence-corrected chi connectivity index (χ2v) is 5.95. The molecule has 4 nitrogen and oxygen atoms in total. The fourth-order valence-electron chi connectivity index (χ4n) is 2.72. The molecule has 3 rings (SSSR count). The normalized spacial score (nSPS) is 25.0. The molecule has 3 heterocycles. The Morgan fingerprint density at radius 1 is 1.42 bits per heavy atom. The summed E-state index contributed by atoms with van der Waals surface area (Å²) in [5.74, 6) is 0.556. The Bertz CT molecular complexity index is 580. The molecule has 1 aliphatic heterocycles. The fourth-order valence-corrected chi connectivity index (χ4v) is 2.88. The van der Waals surface area contributed by atoms with Crippen molar-refractivity contribution < 1.29 is 0 Å². The lowest BCUT2D eigenvalue weighted by atomic mass is 9.95. The summed E-state index contributed by atoms with van der Waals surface area (Å²) in [6.07, 6.45) is 5.02. The lowest BCUT2D eigenvalue weighted by Gasteiger charge is -2.34. The Labute approximate surface area is 118 Å². The maximum absolute atomic E-state index is 6.05. The first kappa shape index (κ1) is 12.9. The molecule has 0 amide bonds. The third kappa shape index (κ3) is 2.76. The summed E-state index contributed by atoms with van der Waals surface area (Å²) in [7, 11) is 0. The second kappa shape index (κ2) is 5.12. The van der Waals surface area contributed by atoms with Gasteiger partial charge in [0, 0.05) is 38.1 Å². The van der Waals surface area contributed by atoms with Crippen molar-refractivity contribution in [3.05, 3.63) is 35.2 Å². The van der Waals surface area contributed by atoms with Crippen LogP contribution in [0.5, 0.6) is 0 Å². The zero-order valence-electron chi connectivity index (χ0n) is 11.1. The Morgan fingerprint density at radius 3 is 3.05 bits per heavy atom. The summed E-state index contributed by atoms with van der Waals surface area (Å²) in [4.78, 5) is 7.05. The average Bonchev–Trinajstić information content (AvgIpc) is 2.75. The molecule has 0 spiro atoms. The quantitative estimate of drug-likeness (QED) is 0.916. The Kier molecular flexibility index (Phi) is 3.48. The van der Waals surface area contributed by atoms with Gasteiger partial charge in [0.25, 0.3) is 0 Å². The van der Waals surface area contributed by atoms with Crippen LogP contribution in [0.25, 0.3) is 5.65 Å². The summed E-state index contributed by atoms with van der Waals surface area (Å²) in [5.41, 5.74) is 8.08. The molecule has 1 fully saturated rings. The molecule has 1 saturated heterocycles. The monoisotopic (exact) mass is 278 g/mol. The van der Waals surface area contributed by atoms with Crippen LogP contribution in [-0.2, 0) is 6.54 Å². The van der Waals surface area contributed by atoms with Gasteiger partial charge in [0.15, 0.2) is 0 Å². The van der Waals surface area contributed by atoms with E-state index in [0.29, 0.717) is 12.0 Å². The smallest absolute Gasteiger partial charge is 0.137 e. The van der Waals surface area contributed by atoms with Crippen LogP contribution in [-0.4, -0.2) is 33.4 Å². The summed E-state index contributed by atoms with van der Waals surface area (Å²) < 4.78 is 1.98. The van der Waals surface area contributed by atoms with E-state index in [0.717, 1.165) is 42.4 Å². The van der Waals surface area contributed by atoms with Gasteiger partial charge in [0.05, 0.1) is 10.7 Å². The van der Waals surface area contributed by atoms with Crippen molar-refractivity contribution in [1.29, 1.82) is 0 Å². The standard InChI is InChI=1S/C14H19ClN4/c1-10-6-18(5-4-13(10)16)8-12-9-19-7-11(15)2-3-14(19)17-12/h2-3,7,9-10,13H,4-6,8,16H2,1H3. The molecule has 0 aliphatic carbocycles. The van der Waals surface area contributed by atoms with E-state index in [4.69, 9.17) is 17.3 Å². The molecule has 0 bridgehead atoms. The number of rotatable bonds is 2. The molecule has 5 heteroatoms. The van der Waals surface area contributed by atoms with Crippen LogP contribution in [0.2, 0.25) is 5.02 Å². The van der Waals surface area contributed by atoms with Crippen LogP contribution >= 0.6 is 11.6 Å². The maximum atomic E-state index is 6.05. The highest BCUT2D eigenvalue weighted by atomic mass is 35.5. The highest BCUT2D eigenvalue weighted by molar-refractivity contribution is 6.30. The lowest BCUT2D eigenvalue weighted by molar-refractivity contribution is 0.156. The highest BCUT2D eigenvalue weighted by Gasteiger charge is 2.23. The van der Waals surface area contributed by atoms with Crippen molar-refractivity contribution >= 4 is 17.2 Å². The summed E-state index contributed by atoms with van der Waals surface area (Å²) >= 11 is 5.98. The van der Waals surface area contributed by atoms with E-state index in [-0.39, 0.29) is 0 Å². The van der Waals surface area contributed by atoms with E-state index < -0.39 is 0 Å². The number of fused-ring (bicyclic) bond motifs is 1. The molecule has 102 valence electrons. The first-order valence-electron chi connectivity index (χ1n) is 6.73. The molecular weight excluding hydrogens is 260 g/mol. The van der Waals surface area contributed by atoms with Crippen molar-refractivity contribution in [3.63, 3.8) is 0 Å². The largest absolute Gasteiger partial charge is 0.327 e. The molecular formula is C14H19ClN4. The number of piperidine rings is 1. The maximum Gasteiger partial charge on any atom is 0.137 e. The van der Waals surface area contributed by atoms with Crippen LogP contribution in [0.15, 0.2) is 24.5 Å². The predicted octanol–water partition coefficient (Wildman–Crippen LogP) is 2.16. The topological polar surface area (TPSA) is 46.6 Å². The minimum absolute atomic E-state index is 0.344. The summed E-state index contributed by atoms with van der Waals surface area (Å²) in [6, 6.07) is 4.16. The first-order chi connectivity index (χ1) is 9.11. The van der Waals surface area contributed by atoms with E-state index >= 15 is 0 Å². The minimum Gasteiger partial charge on any atom is -0.327 e. The lowest BCUT2D eigenvalue weighted by Crippen LogP contribution is -2.45. The van der Waals surface area contributed by atoms with Crippen molar-refractivity contribution in [1.82, 2.24) is 14.3 Å². The fraction of sp³-hybridized carbons (Fsp3) is 0.500. The van der Waals surface area contributed by atoms with E-state index in [1.807, 2.05) is 22.7 Å². The Balaban J connectivity index is 1.74. The van der Waals surface area contributed by atoms with Gasteiger partial charge in [0.1, 0.15) is 5.65 Å². The van der Waals surface area contributed by atoms with Crippen molar-refractivity contribution in [2.45, 2.75) is 25.9 Å². The Morgan fingerprint density at radius 2 is 2.26 bits per heavy atom. The van der Waals surface area contributed by atoms with Gasteiger partial charge < -0.3 is 10.1 Å². The molecule has 2 aromatic heterocycles. The van der Waals surface area contributed by atoms with E-state index in [1.54, 1.807) is 0 Å². The third-order valence-corrected chi connectivity index (χ3v) is 4.13. The van der Waals surface area contributed by atoms with Crippen molar-refractivity contribution in [2.75, 3.05) is 13.1 Å². The van der Waals surface area contributed by atoms with Gasteiger partial charge in [-0.1, -0.05) is 18.5 Å². The van der Waals surface area contributed by atoms with E-state index in [1.165, 1.54) is 0 Å². The molecule has 0 radical (unpaired) electrons. The van der Waals surface area contributed by atoms with Gasteiger partial charge in [-0.05, 0) is 24.5 Å². The molecule has 2 unspecified atom stereocenters. The number of aromatic nitrogens is 2. The molecule has 2 N–H and O–H groups in total. The van der Waals surface area contributed by atoms with Gasteiger partial charge >= 0.3 is 0 Å². The average molecular weight is 279 g/mol. The van der Waals surface area contributed by atoms with Crippen molar-refractivity contribution in [2.24, 2.45) is 11.7 Å². The van der Waals surface area contributed by atoms with Gasteiger partial charge in [-0.2, -0.15) is 0 Å². The first-order valence-corrected chi connectivity index (χ1v) is 7.10. The van der Waals surface area contributed by atoms with Gasteiger partial charge in [0.2, 0.25) is 0 Å². The number of pyridine rings is 1. The number of imidazole rings is 1. The highest BCUT2D eigenvalue weighted by Crippen LogP contribution is 2.18. The van der Waals surface area contributed by atoms with Gasteiger partial charge in [-0.3, -0.25) is 4.90 Å². The van der Waals surface area contributed by atoms with Crippen LogP contribution in [0.1, 0.15) is 19.0 Å². The summed E-state index contributed by atoms with van der Waals surface area (Å²) in [5, 5.41) is 0.731. The minimum atomic E-state index is 0.344. The van der Waals surface area contributed by atoms with Crippen molar-refractivity contribution in [3.8, 4) is 0 Å². The molecule has 2 aromatic rings. The van der Waals surface area contributed by atoms with Crippen LogP contribution in [0, 0.1) is 5.92 Å². The number of halogens is 1. The van der Waals surface area contributed by atoms with Gasteiger partial charge in [-0.25, -0.2) is 4.98 Å². The van der Waals surface area contributed by atoms with Crippen LogP contribution < -0.4 is 5.73 Å². The van der Waals surface area contributed by atoms with Crippen LogP contribution in [0.3, 0.4) is 0 Å². The molecule has 2 atom stereocenters. The second-order valence-electron chi connectivity index (χ2n) is 5.51. The number of hydrogen-bond acceptors (Lipinski definition) is 3. The van der Waals surface area contributed by atoms with E-state index in [2.05, 4.69) is 23.0 Å². The van der Waals surface area contributed by atoms with E-state index in [9.17, 15) is 0 Å². The molecule has 0 aromatic carbocycles. The number of hydrogen-bond donors (Lipinski definition) is 1. The third-order valence-electron chi connectivity index (χ3n) is 3.91. The zero-order valence-corrected chi connectivity index (χ0v) is 11.8. The number of nitrogens with two attached hydrogens (primary N) is 1. The number of likely N-dealkylation sites (tertiary alicyclic amines) is 1. The molecule has 19 heavy (non-hydrogen) atoms. The number of nitrogens with zero attached hydrogens (tertiary/aromatic N) is 3. The SMILES string of the molecule is CC1CN(Cc2cn3cc(Cl)ccc3n2)CCC1N. The zero-order chi connectivity index (χ0) is 13.4.